The highest BCUT2D eigenvalue weighted by molar-refractivity contribution is 5.99. The quantitative estimate of drug-likeness (QED) is 0.792. The lowest BCUT2D eigenvalue weighted by atomic mass is 10.3. The maximum atomic E-state index is 11.8. The number of nitrogens with zero attached hydrogens (tertiary/aromatic N) is 3. The molecule has 0 radical (unpaired) electrons. The first-order valence-electron chi connectivity index (χ1n) is 6.20. The lowest BCUT2D eigenvalue weighted by molar-refractivity contribution is -0.137. The minimum absolute atomic E-state index is 0.260. The second-order valence-corrected chi connectivity index (χ2v) is 4.49. The number of aryl methyl sites for hydroxylation is 2. The Hall–Kier alpha value is -2.90. The van der Waals surface area contributed by atoms with E-state index in [1.165, 1.54) is 17.1 Å². The summed E-state index contributed by atoms with van der Waals surface area (Å²) in [6, 6.07) is 3.12. The zero-order valence-corrected chi connectivity index (χ0v) is 11.6. The lowest BCUT2D eigenvalue weighted by Crippen LogP contribution is -2.20. The van der Waals surface area contributed by atoms with Gasteiger partial charge in [0, 0.05) is 11.9 Å². The van der Waals surface area contributed by atoms with E-state index >= 15 is 0 Å². The van der Waals surface area contributed by atoms with Crippen LogP contribution >= 0.6 is 0 Å². The van der Waals surface area contributed by atoms with Gasteiger partial charge in [-0.1, -0.05) is 0 Å². The van der Waals surface area contributed by atoms with Crippen LogP contribution in [0.15, 0.2) is 24.5 Å². The highest BCUT2D eigenvalue weighted by Crippen LogP contribution is 2.13. The highest BCUT2D eigenvalue weighted by Gasteiger charge is 2.08. The van der Waals surface area contributed by atoms with Crippen LogP contribution in [-0.2, 0) is 11.3 Å². The largest absolute Gasteiger partial charge is 0.480 e. The van der Waals surface area contributed by atoms with Gasteiger partial charge in [-0.05, 0) is 26.0 Å². The van der Waals surface area contributed by atoms with Crippen molar-refractivity contribution < 1.29 is 14.7 Å². The van der Waals surface area contributed by atoms with Gasteiger partial charge in [-0.25, -0.2) is 4.79 Å². The molecule has 110 valence electrons. The molecule has 0 saturated carbocycles. The summed E-state index contributed by atoms with van der Waals surface area (Å²) >= 11 is 0. The molecule has 2 rings (SSSR count). The van der Waals surface area contributed by atoms with Crippen LogP contribution in [0.4, 0.5) is 16.2 Å². The number of hydrogen-bond acceptors (Lipinski definition) is 4. The second-order valence-electron chi connectivity index (χ2n) is 4.49. The maximum absolute atomic E-state index is 11.8. The molecule has 8 nitrogen and oxygen atoms in total. The average molecular weight is 289 g/mol. The van der Waals surface area contributed by atoms with E-state index in [9.17, 15) is 9.59 Å². The molecular weight excluding hydrogens is 274 g/mol. The molecule has 0 bridgehead atoms. The fourth-order valence-electron chi connectivity index (χ4n) is 1.76. The summed E-state index contributed by atoms with van der Waals surface area (Å²) in [6.45, 7) is 3.41. The number of rotatable bonds is 4. The third kappa shape index (κ3) is 4.03. The van der Waals surface area contributed by atoms with Crippen LogP contribution in [-0.4, -0.2) is 31.9 Å². The van der Waals surface area contributed by atoms with Crippen molar-refractivity contribution in [3.05, 3.63) is 35.9 Å². The van der Waals surface area contributed by atoms with Gasteiger partial charge in [0.1, 0.15) is 6.54 Å². The van der Waals surface area contributed by atoms with Gasteiger partial charge in [-0.3, -0.25) is 14.5 Å². The maximum Gasteiger partial charge on any atom is 0.325 e. The van der Waals surface area contributed by atoms with Gasteiger partial charge in [0.05, 0.1) is 23.3 Å². The average Bonchev–Trinajstić information content (AvgIpc) is 2.79. The molecule has 2 aromatic rings. The number of carbonyl (C=O) groups excluding carboxylic acids is 1. The molecular formula is C13H15N5O3. The van der Waals surface area contributed by atoms with Gasteiger partial charge in [-0.2, -0.15) is 5.10 Å². The van der Waals surface area contributed by atoms with Crippen LogP contribution in [0.3, 0.4) is 0 Å². The van der Waals surface area contributed by atoms with E-state index in [4.69, 9.17) is 5.11 Å². The van der Waals surface area contributed by atoms with Gasteiger partial charge in [0.15, 0.2) is 0 Å². The number of carboxylic acids is 1. The number of nitrogens with one attached hydrogen (secondary N) is 2. The second kappa shape index (κ2) is 6.04. The van der Waals surface area contributed by atoms with E-state index in [0.717, 1.165) is 5.69 Å². The minimum Gasteiger partial charge on any atom is -0.480 e. The smallest absolute Gasteiger partial charge is 0.325 e. The summed E-state index contributed by atoms with van der Waals surface area (Å²) in [5, 5.41) is 17.7. The van der Waals surface area contributed by atoms with E-state index in [-0.39, 0.29) is 6.54 Å². The Balaban J connectivity index is 1.98. The summed E-state index contributed by atoms with van der Waals surface area (Å²) in [5.74, 6) is -1.00. The first kappa shape index (κ1) is 14.5. The predicted molar refractivity (Wildman–Crippen MR) is 76.2 cm³/mol. The monoisotopic (exact) mass is 289 g/mol. The molecule has 8 heteroatoms. The van der Waals surface area contributed by atoms with Crippen molar-refractivity contribution in [2.24, 2.45) is 0 Å². The van der Waals surface area contributed by atoms with Crippen LogP contribution in [0, 0.1) is 13.8 Å². The molecule has 0 aromatic carbocycles. The van der Waals surface area contributed by atoms with Crippen molar-refractivity contribution in [3.8, 4) is 0 Å². The fourth-order valence-corrected chi connectivity index (χ4v) is 1.76. The van der Waals surface area contributed by atoms with E-state index in [1.807, 2.05) is 6.92 Å². The first-order chi connectivity index (χ1) is 9.94. The summed E-state index contributed by atoms with van der Waals surface area (Å²) in [4.78, 5) is 26.6. The number of carboxylic acid groups (broad SMARTS) is 1. The fraction of sp³-hybridized carbons (Fsp3) is 0.231. The molecule has 0 atom stereocenters. The van der Waals surface area contributed by atoms with Gasteiger partial charge < -0.3 is 15.7 Å². The van der Waals surface area contributed by atoms with Crippen LogP contribution in [0.1, 0.15) is 11.4 Å². The Kier molecular flexibility index (Phi) is 4.17. The SMILES string of the molecule is Cc1ccc(NC(=O)Nc2cnn(CC(=O)O)c2)c(C)n1. The Labute approximate surface area is 120 Å². The van der Waals surface area contributed by atoms with Crippen molar-refractivity contribution in [2.45, 2.75) is 20.4 Å². The van der Waals surface area contributed by atoms with Crippen molar-refractivity contribution in [1.82, 2.24) is 14.8 Å². The molecule has 0 unspecified atom stereocenters. The zero-order chi connectivity index (χ0) is 15.4. The molecule has 3 N–H and O–H groups in total. The summed E-state index contributed by atoms with van der Waals surface area (Å²) < 4.78 is 1.22. The van der Waals surface area contributed by atoms with Gasteiger partial charge in [0.2, 0.25) is 0 Å². The summed E-state index contributed by atoms with van der Waals surface area (Å²) in [5.41, 5.74) is 2.60. The molecule has 0 aliphatic carbocycles. The molecule has 0 saturated heterocycles. The predicted octanol–water partition coefficient (Wildman–Crippen LogP) is 1.62. The number of pyridine rings is 1. The van der Waals surface area contributed by atoms with E-state index in [1.54, 1.807) is 19.1 Å². The molecule has 21 heavy (non-hydrogen) atoms. The normalized spacial score (nSPS) is 10.2. The van der Waals surface area contributed by atoms with Crippen molar-refractivity contribution in [1.29, 1.82) is 0 Å². The molecule has 0 aliphatic rings. The van der Waals surface area contributed by atoms with Gasteiger partial charge >= 0.3 is 12.0 Å². The van der Waals surface area contributed by atoms with Crippen LogP contribution in [0.2, 0.25) is 0 Å². The number of urea groups is 1. The first-order valence-corrected chi connectivity index (χ1v) is 6.20. The van der Waals surface area contributed by atoms with Crippen LogP contribution in [0.5, 0.6) is 0 Å². The third-order valence-corrected chi connectivity index (χ3v) is 2.66. The summed E-state index contributed by atoms with van der Waals surface area (Å²) in [6.07, 6.45) is 2.82. The van der Waals surface area contributed by atoms with E-state index in [2.05, 4.69) is 20.7 Å². The van der Waals surface area contributed by atoms with Gasteiger partial charge in [-0.15, -0.1) is 0 Å². The number of amides is 2. The lowest BCUT2D eigenvalue weighted by Gasteiger charge is -2.08. The standard InChI is InChI=1S/C13H15N5O3/c1-8-3-4-11(9(2)15-8)17-13(21)16-10-5-14-18(6-10)7-12(19)20/h3-6H,7H2,1-2H3,(H,19,20)(H2,16,17,21). The Morgan fingerprint density at radius 3 is 2.71 bits per heavy atom. The number of anilines is 2. The zero-order valence-electron chi connectivity index (χ0n) is 11.6. The molecule has 2 amide bonds. The number of aliphatic carboxylic acids is 1. The van der Waals surface area contributed by atoms with Crippen LogP contribution < -0.4 is 10.6 Å². The van der Waals surface area contributed by atoms with Crippen molar-refractivity contribution in [3.63, 3.8) is 0 Å². The van der Waals surface area contributed by atoms with E-state index in [0.29, 0.717) is 17.1 Å². The third-order valence-electron chi connectivity index (χ3n) is 2.66. The number of carbonyl (C=O) groups is 2. The van der Waals surface area contributed by atoms with Crippen molar-refractivity contribution >= 4 is 23.4 Å². The topological polar surface area (TPSA) is 109 Å². The number of aromatic nitrogens is 3. The van der Waals surface area contributed by atoms with Gasteiger partial charge in [0.25, 0.3) is 0 Å². The summed E-state index contributed by atoms with van der Waals surface area (Å²) in [7, 11) is 0. The van der Waals surface area contributed by atoms with Crippen molar-refractivity contribution in [2.75, 3.05) is 10.6 Å². The Morgan fingerprint density at radius 1 is 1.29 bits per heavy atom. The van der Waals surface area contributed by atoms with Crippen LogP contribution in [0.25, 0.3) is 0 Å². The molecule has 0 spiro atoms. The Bertz CT molecular complexity index is 680. The highest BCUT2D eigenvalue weighted by atomic mass is 16.4. The number of hydrogen-bond donors (Lipinski definition) is 3. The Morgan fingerprint density at radius 2 is 2.05 bits per heavy atom. The molecule has 2 heterocycles. The molecule has 2 aromatic heterocycles. The minimum atomic E-state index is -1.00. The van der Waals surface area contributed by atoms with E-state index < -0.39 is 12.0 Å². The molecule has 0 fully saturated rings. The molecule has 0 aliphatic heterocycles.